The molecule has 0 fully saturated rings. The summed E-state index contributed by atoms with van der Waals surface area (Å²) in [6.07, 6.45) is 1.93. The maximum atomic E-state index is 11.7. The van der Waals surface area contributed by atoms with Gasteiger partial charge in [0.05, 0.1) is 18.2 Å². The number of ether oxygens (including phenoxy) is 1. The van der Waals surface area contributed by atoms with Crippen molar-refractivity contribution in [2.75, 3.05) is 12.4 Å². The normalized spacial score (nSPS) is 10.9. The summed E-state index contributed by atoms with van der Waals surface area (Å²) in [7, 11) is 3.30. The van der Waals surface area contributed by atoms with Crippen LogP contribution in [-0.2, 0) is 18.3 Å². The van der Waals surface area contributed by atoms with Crippen molar-refractivity contribution in [2.24, 2.45) is 7.05 Å². The molecule has 2 heterocycles. The van der Waals surface area contributed by atoms with Gasteiger partial charge in [-0.05, 0) is 35.9 Å². The topological polar surface area (TPSA) is 69.0 Å². The van der Waals surface area contributed by atoms with E-state index in [1.807, 2.05) is 29.9 Å². The zero-order valence-electron chi connectivity index (χ0n) is 16.3. The number of aryl methyl sites for hydroxylation is 1. The zero-order valence-corrected chi connectivity index (χ0v) is 17.8. The molecule has 4 rings (SSSR count). The fraction of sp³-hybridized carbons (Fsp3) is 0.136. The molecule has 30 heavy (non-hydrogen) atoms. The molecule has 8 heteroatoms. The first kappa shape index (κ1) is 20.2. The van der Waals surface area contributed by atoms with Crippen molar-refractivity contribution in [2.45, 2.75) is 6.54 Å². The molecule has 0 unspecified atom stereocenters. The third kappa shape index (κ3) is 3.97. The van der Waals surface area contributed by atoms with E-state index in [2.05, 4.69) is 10.3 Å². The first-order chi connectivity index (χ1) is 14.5. The number of nitrogens with zero attached hydrogens (tertiary/aromatic N) is 3. The number of methoxy groups -OCH3 is 1. The maximum absolute atomic E-state index is 11.7. The minimum atomic E-state index is -0.386. The minimum Gasteiger partial charge on any atom is -0.465 e. The molecule has 2 aromatic heterocycles. The Morgan fingerprint density at radius 1 is 1.10 bits per heavy atom. The second kappa shape index (κ2) is 8.34. The highest BCUT2D eigenvalue weighted by Crippen LogP contribution is 2.27. The number of fused-ring (bicyclic) bond motifs is 1. The first-order valence-corrected chi connectivity index (χ1v) is 9.91. The number of carbonyl (C=O) groups is 1. The van der Waals surface area contributed by atoms with Crippen LogP contribution in [-0.4, -0.2) is 27.6 Å². The quantitative estimate of drug-likeness (QED) is 0.424. The van der Waals surface area contributed by atoms with E-state index in [0.29, 0.717) is 33.8 Å². The lowest BCUT2D eigenvalue weighted by molar-refractivity contribution is 0.0601. The Hall–Kier alpha value is -3.09. The van der Waals surface area contributed by atoms with Crippen LogP contribution in [0.5, 0.6) is 0 Å². The predicted octanol–water partition coefficient (Wildman–Crippen LogP) is 5.34. The number of benzene rings is 2. The fourth-order valence-electron chi connectivity index (χ4n) is 3.16. The molecule has 0 bridgehead atoms. The second-order valence-electron chi connectivity index (χ2n) is 6.71. The molecule has 0 amide bonds. The average Bonchev–Trinajstić information content (AvgIpc) is 3.13. The predicted molar refractivity (Wildman–Crippen MR) is 119 cm³/mol. The van der Waals surface area contributed by atoms with Crippen molar-refractivity contribution in [1.29, 1.82) is 0 Å². The van der Waals surface area contributed by atoms with E-state index in [4.69, 9.17) is 32.9 Å². The van der Waals surface area contributed by atoms with Gasteiger partial charge in [-0.1, -0.05) is 41.4 Å². The highest BCUT2D eigenvalue weighted by Gasteiger charge is 2.14. The number of nitrogens with one attached hydrogen (secondary N) is 1. The first-order valence-electron chi connectivity index (χ1n) is 9.16. The molecule has 0 aliphatic heterocycles. The number of carbonyl (C=O) groups excluding carboxylic acids is 1. The minimum absolute atomic E-state index is 0.386. The third-order valence-corrected chi connectivity index (χ3v) is 5.33. The highest BCUT2D eigenvalue weighted by molar-refractivity contribution is 6.35. The van der Waals surface area contributed by atoms with Crippen LogP contribution in [0.3, 0.4) is 0 Å². The monoisotopic (exact) mass is 440 g/mol. The Balaban J connectivity index is 1.70. The van der Waals surface area contributed by atoms with Gasteiger partial charge in [0.15, 0.2) is 11.6 Å². The summed E-state index contributed by atoms with van der Waals surface area (Å²) in [6, 6.07) is 14.3. The van der Waals surface area contributed by atoms with Gasteiger partial charge < -0.3 is 14.6 Å². The Morgan fingerprint density at radius 3 is 2.57 bits per heavy atom. The molecule has 2 aromatic carbocycles. The van der Waals surface area contributed by atoms with Gasteiger partial charge in [0.25, 0.3) is 0 Å². The summed E-state index contributed by atoms with van der Waals surface area (Å²) in [6.45, 7) is 0.480. The van der Waals surface area contributed by atoms with E-state index >= 15 is 0 Å². The van der Waals surface area contributed by atoms with Crippen molar-refractivity contribution >= 4 is 46.0 Å². The van der Waals surface area contributed by atoms with Crippen LogP contribution in [0, 0.1) is 0 Å². The molecule has 0 aliphatic carbocycles. The lowest BCUT2D eigenvalue weighted by Gasteiger charge is -2.12. The summed E-state index contributed by atoms with van der Waals surface area (Å²) in [5.41, 5.74) is 3.86. The average molecular weight is 441 g/mol. The summed E-state index contributed by atoms with van der Waals surface area (Å²) in [4.78, 5) is 21.1. The van der Waals surface area contributed by atoms with Gasteiger partial charge in [0.1, 0.15) is 5.52 Å². The summed E-state index contributed by atoms with van der Waals surface area (Å²) in [5, 5.41) is 4.55. The molecule has 4 aromatic rings. The zero-order chi connectivity index (χ0) is 21.3. The molecule has 6 nitrogen and oxygen atoms in total. The van der Waals surface area contributed by atoms with E-state index < -0.39 is 0 Å². The number of hydrogen-bond acceptors (Lipinski definition) is 5. The SMILES string of the molecule is COC(=O)c1ccc(-c2nc(NCc3ccc(Cl)cc3Cl)c3c(ccn3C)n2)cc1. The molecular formula is C22H18Cl2N4O2. The van der Waals surface area contributed by atoms with Crippen LogP contribution in [0.2, 0.25) is 10.0 Å². The Kier molecular flexibility index (Phi) is 5.61. The number of esters is 1. The number of hydrogen-bond donors (Lipinski definition) is 1. The Labute approximate surface area is 183 Å². The highest BCUT2D eigenvalue weighted by atomic mass is 35.5. The summed E-state index contributed by atoms with van der Waals surface area (Å²) < 4.78 is 6.71. The van der Waals surface area contributed by atoms with Crippen molar-refractivity contribution in [3.8, 4) is 11.4 Å². The molecule has 0 radical (unpaired) electrons. The Morgan fingerprint density at radius 2 is 1.87 bits per heavy atom. The van der Waals surface area contributed by atoms with Gasteiger partial charge in [0, 0.05) is 35.4 Å². The van der Waals surface area contributed by atoms with Gasteiger partial charge in [-0.2, -0.15) is 0 Å². The second-order valence-corrected chi connectivity index (χ2v) is 7.56. The van der Waals surface area contributed by atoms with Gasteiger partial charge in [0.2, 0.25) is 0 Å². The molecule has 0 saturated heterocycles. The standard InChI is InChI=1S/C22H18Cl2N4O2/c1-28-10-9-18-19(28)21(25-12-15-7-8-16(23)11-17(15)24)27-20(26-18)13-3-5-14(6-4-13)22(29)30-2/h3-11H,12H2,1-2H3,(H,25,26,27). The van der Waals surface area contributed by atoms with Crippen LogP contribution >= 0.6 is 23.2 Å². The molecule has 1 N–H and O–H groups in total. The molecule has 0 saturated carbocycles. The summed E-state index contributed by atoms with van der Waals surface area (Å²) in [5.74, 6) is 0.851. The molecule has 0 spiro atoms. The molecule has 152 valence electrons. The fourth-order valence-corrected chi connectivity index (χ4v) is 3.64. The Bertz CT molecular complexity index is 1240. The summed E-state index contributed by atoms with van der Waals surface area (Å²) >= 11 is 12.3. The van der Waals surface area contributed by atoms with E-state index in [9.17, 15) is 4.79 Å². The van der Waals surface area contributed by atoms with Gasteiger partial charge >= 0.3 is 5.97 Å². The van der Waals surface area contributed by atoms with E-state index in [-0.39, 0.29) is 5.97 Å². The third-order valence-electron chi connectivity index (χ3n) is 4.75. The number of halogens is 2. The molecule has 0 atom stereocenters. The van der Waals surface area contributed by atoms with Gasteiger partial charge in [-0.15, -0.1) is 0 Å². The van der Waals surface area contributed by atoms with Crippen molar-refractivity contribution in [3.63, 3.8) is 0 Å². The maximum Gasteiger partial charge on any atom is 0.337 e. The van der Waals surface area contributed by atoms with E-state index in [1.54, 1.807) is 36.4 Å². The van der Waals surface area contributed by atoms with E-state index in [1.165, 1.54) is 7.11 Å². The largest absolute Gasteiger partial charge is 0.465 e. The van der Waals surface area contributed by atoms with Crippen molar-refractivity contribution in [3.05, 3.63) is 75.9 Å². The smallest absolute Gasteiger partial charge is 0.337 e. The van der Waals surface area contributed by atoms with Crippen LogP contribution in [0.25, 0.3) is 22.4 Å². The van der Waals surface area contributed by atoms with Gasteiger partial charge in [-0.3, -0.25) is 0 Å². The number of rotatable bonds is 5. The van der Waals surface area contributed by atoms with Crippen molar-refractivity contribution < 1.29 is 9.53 Å². The lowest BCUT2D eigenvalue weighted by atomic mass is 10.1. The lowest BCUT2D eigenvalue weighted by Crippen LogP contribution is -2.06. The van der Waals surface area contributed by atoms with Crippen LogP contribution in [0.4, 0.5) is 5.82 Å². The molecular weight excluding hydrogens is 423 g/mol. The number of aromatic nitrogens is 3. The van der Waals surface area contributed by atoms with Crippen LogP contribution in [0.15, 0.2) is 54.7 Å². The van der Waals surface area contributed by atoms with Crippen LogP contribution in [0.1, 0.15) is 15.9 Å². The number of anilines is 1. The van der Waals surface area contributed by atoms with Gasteiger partial charge in [-0.25, -0.2) is 14.8 Å². The van der Waals surface area contributed by atoms with Crippen LogP contribution < -0.4 is 5.32 Å². The molecule has 0 aliphatic rings. The van der Waals surface area contributed by atoms with Crippen molar-refractivity contribution in [1.82, 2.24) is 14.5 Å². The van der Waals surface area contributed by atoms with E-state index in [0.717, 1.165) is 22.2 Å².